The first-order valence-electron chi connectivity index (χ1n) is 5.89. The maximum Gasteiger partial charge on any atom is 0.391 e. The Kier molecular flexibility index (Phi) is 4.14. The smallest absolute Gasteiger partial charge is 0.381 e. The lowest BCUT2D eigenvalue weighted by Crippen LogP contribution is -2.32. The van der Waals surface area contributed by atoms with Gasteiger partial charge in [-0.25, -0.2) is 0 Å². The zero-order valence-corrected chi connectivity index (χ0v) is 11.3. The van der Waals surface area contributed by atoms with Crippen molar-refractivity contribution in [3.63, 3.8) is 0 Å². The number of hydrogen-bond donors (Lipinski definition) is 1. The summed E-state index contributed by atoms with van der Waals surface area (Å²) >= 11 is 3.31. The second kappa shape index (κ2) is 5.47. The molecule has 100 valence electrons. The number of nitrogens with one attached hydrogen (secondary N) is 1. The number of pyridine rings is 1. The van der Waals surface area contributed by atoms with E-state index < -0.39 is 12.1 Å². The fourth-order valence-electron chi connectivity index (χ4n) is 2.29. The highest BCUT2D eigenvalue weighted by molar-refractivity contribution is 9.10. The van der Waals surface area contributed by atoms with Crippen LogP contribution in [0.1, 0.15) is 25.7 Å². The maximum absolute atomic E-state index is 12.5. The van der Waals surface area contributed by atoms with E-state index in [2.05, 4.69) is 26.2 Å². The molecule has 1 aromatic heterocycles. The van der Waals surface area contributed by atoms with Crippen molar-refractivity contribution in [1.82, 2.24) is 4.98 Å². The predicted molar refractivity (Wildman–Crippen MR) is 67.4 cm³/mol. The number of rotatable bonds is 2. The molecule has 18 heavy (non-hydrogen) atoms. The van der Waals surface area contributed by atoms with Crippen molar-refractivity contribution in [3.8, 4) is 0 Å². The third kappa shape index (κ3) is 3.60. The Labute approximate surface area is 112 Å². The Balaban J connectivity index is 1.87. The van der Waals surface area contributed by atoms with Gasteiger partial charge in [0.1, 0.15) is 0 Å². The van der Waals surface area contributed by atoms with E-state index in [0.717, 1.165) is 10.2 Å². The van der Waals surface area contributed by atoms with Gasteiger partial charge in [0, 0.05) is 16.7 Å². The van der Waals surface area contributed by atoms with Gasteiger partial charge in [0.2, 0.25) is 0 Å². The monoisotopic (exact) mass is 322 g/mol. The second-order valence-electron chi connectivity index (χ2n) is 4.63. The molecule has 1 aliphatic carbocycles. The van der Waals surface area contributed by atoms with Gasteiger partial charge in [-0.15, -0.1) is 0 Å². The molecule has 1 fully saturated rings. The molecule has 0 amide bonds. The zero-order valence-electron chi connectivity index (χ0n) is 9.67. The number of hydrogen-bond acceptors (Lipinski definition) is 2. The molecule has 0 radical (unpaired) electrons. The van der Waals surface area contributed by atoms with Crippen LogP contribution in [0.5, 0.6) is 0 Å². The molecular weight excluding hydrogens is 309 g/mol. The van der Waals surface area contributed by atoms with Crippen molar-refractivity contribution in [3.05, 3.63) is 22.9 Å². The molecule has 0 unspecified atom stereocenters. The average Bonchev–Trinajstić information content (AvgIpc) is 2.28. The highest BCUT2D eigenvalue weighted by Crippen LogP contribution is 2.38. The highest BCUT2D eigenvalue weighted by Gasteiger charge is 2.41. The summed E-state index contributed by atoms with van der Waals surface area (Å²) in [5.74, 6) is -1.13. The van der Waals surface area contributed by atoms with Crippen molar-refractivity contribution in [2.75, 3.05) is 5.32 Å². The predicted octanol–water partition coefficient (Wildman–Crippen LogP) is 4.38. The van der Waals surface area contributed by atoms with Gasteiger partial charge in [0.05, 0.1) is 17.8 Å². The molecule has 1 N–H and O–H groups in total. The third-order valence-electron chi connectivity index (χ3n) is 3.27. The summed E-state index contributed by atoms with van der Waals surface area (Å²) in [7, 11) is 0. The first-order valence-corrected chi connectivity index (χ1v) is 6.68. The van der Waals surface area contributed by atoms with E-state index >= 15 is 0 Å². The minimum absolute atomic E-state index is 0.111. The summed E-state index contributed by atoms with van der Waals surface area (Å²) < 4.78 is 38.4. The second-order valence-corrected chi connectivity index (χ2v) is 5.54. The van der Waals surface area contributed by atoms with E-state index in [4.69, 9.17) is 0 Å². The highest BCUT2D eigenvalue weighted by atomic mass is 79.9. The van der Waals surface area contributed by atoms with Crippen molar-refractivity contribution in [2.45, 2.75) is 37.9 Å². The van der Waals surface area contributed by atoms with E-state index in [9.17, 15) is 13.2 Å². The first-order chi connectivity index (χ1) is 8.45. The van der Waals surface area contributed by atoms with Crippen LogP contribution < -0.4 is 5.32 Å². The van der Waals surface area contributed by atoms with Crippen LogP contribution in [0.15, 0.2) is 22.9 Å². The molecule has 1 saturated carbocycles. The van der Waals surface area contributed by atoms with E-state index in [1.807, 2.05) is 6.07 Å². The number of nitrogens with zero attached hydrogens (tertiary/aromatic N) is 1. The fraction of sp³-hybridized carbons (Fsp3) is 0.583. The molecule has 2 nitrogen and oxygen atoms in total. The van der Waals surface area contributed by atoms with Crippen molar-refractivity contribution in [1.29, 1.82) is 0 Å². The molecule has 0 aliphatic heterocycles. The molecule has 0 bridgehead atoms. The number of halogens is 4. The van der Waals surface area contributed by atoms with Crippen LogP contribution >= 0.6 is 15.9 Å². The summed E-state index contributed by atoms with van der Waals surface area (Å²) in [6.45, 7) is 0. The van der Waals surface area contributed by atoms with Gasteiger partial charge in [-0.3, -0.25) is 4.98 Å². The van der Waals surface area contributed by atoms with Crippen molar-refractivity contribution >= 4 is 21.6 Å². The lowest BCUT2D eigenvalue weighted by Gasteiger charge is -2.30. The Bertz CT molecular complexity index is 401. The van der Waals surface area contributed by atoms with E-state index in [-0.39, 0.29) is 18.9 Å². The Morgan fingerprint density at radius 3 is 2.39 bits per heavy atom. The third-order valence-corrected chi connectivity index (χ3v) is 3.70. The van der Waals surface area contributed by atoms with Gasteiger partial charge < -0.3 is 5.32 Å². The molecule has 0 saturated heterocycles. The van der Waals surface area contributed by atoms with Crippen molar-refractivity contribution < 1.29 is 13.2 Å². The largest absolute Gasteiger partial charge is 0.391 e. The molecule has 1 aromatic rings. The number of aromatic nitrogens is 1. The molecule has 2 rings (SSSR count). The van der Waals surface area contributed by atoms with Gasteiger partial charge in [-0.05, 0) is 47.7 Å². The van der Waals surface area contributed by atoms with Gasteiger partial charge in [-0.1, -0.05) is 0 Å². The van der Waals surface area contributed by atoms with Crippen LogP contribution in [-0.4, -0.2) is 17.2 Å². The Morgan fingerprint density at radius 1 is 1.17 bits per heavy atom. The molecule has 1 heterocycles. The van der Waals surface area contributed by atoms with Crippen LogP contribution in [0, 0.1) is 5.92 Å². The van der Waals surface area contributed by atoms with E-state index in [0.29, 0.717) is 12.8 Å². The summed E-state index contributed by atoms with van der Waals surface area (Å²) in [6.07, 6.45) is 0.840. The van der Waals surface area contributed by atoms with E-state index in [1.165, 1.54) is 0 Å². The normalized spacial score (nSPS) is 24.9. The average molecular weight is 323 g/mol. The molecular formula is C12H14BrF3N2. The van der Waals surface area contributed by atoms with Crippen LogP contribution in [0.25, 0.3) is 0 Å². The summed E-state index contributed by atoms with van der Waals surface area (Å²) in [5, 5.41) is 3.23. The lowest BCUT2D eigenvalue weighted by atomic mass is 9.85. The van der Waals surface area contributed by atoms with Gasteiger partial charge in [-0.2, -0.15) is 13.2 Å². The topological polar surface area (TPSA) is 24.9 Å². The fourth-order valence-corrected chi connectivity index (χ4v) is 2.66. The molecule has 1 aliphatic rings. The zero-order chi connectivity index (χ0) is 13.2. The lowest BCUT2D eigenvalue weighted by molar-refractivity contribution is -0.182. The summed E-state index contributed by atoms with van der Waals surface area (Å²) in [6, 6.07) is 1.99. The van der Waals surface area contributed by atoms with Gasteiger partial charge >= 0.3 is 6.18 Å². The first kappa shape index (κ1) is 13.6. The number of alkyl halides is 3. The van der Waals surface area contributed by atoms with Gasteiger partial charge in [0.15, 0.2) is 0 Å². The molecule has 0 aromatic carbocycles. The van der Waals surface area contributed by atoms with Crippen LogP contribution in [-0.2, 0) is 0 Å². The molecule has 0 atom stereocenters. The summed E-state index contributed by atoms with van der Waals surface area (Å²) in [5.41, 5.74) is 0.847. The summed E-state index contributed by atoms with van der Waals surface area (Å²) in [4.78, 5) is 4.01. The quantitative estimate of drug-likeness (QED) is 0.874. The van der Waals surface area contributed by atoms with Crippen LogP contribution in [0.4, 0.5) is 18.9 Å². The number of anilines is 1. The SMILES string of the molecule is FC(F)(F)C1CCC(Nc2cncc(Br)c2)CC1. The standard InChI is InChI=1S/C12H14BrF3N2/c13-9-5-11(7-17-6-9)18-10-3-1-8(2-4-10)12(14,15)16/h5-8,10,18H,1-4H2. The maximum atomic E-state index is 12.5. The van der Waals surface area contributed by atoms with E-state index in [1.54, 1.807) is 12.4 Å². The molecule has 6 heteroatoms. The van der Waals surface area contributed by atoms with Crippen molar-refractivity contribution in [2.24, 2.45) is 5.92 Å². The Hall–Kier alpha value is -0.780. The minimum atomic E-state index is -4.04. The minimum Gasteiger partial charge on any atom is -0.381 e. The van der Waals surface area contributed by atoms with Gasteiger partial charge in [0.25, 0.3) is 0 Å². The molecule has 0 spiro atoms. The van der Waals surface area contributed by atoms with Crippen LogP contribution in [0.3, 0.4) is 0 Å². The van der Waals surface area contributed by atoms with Crippen LogP contribution in [0.2, 0.25) is 0 Å². The Morgan fingerprint density at radius 2 is 1.83 bits per heavy atom.